The van der Waals surface area contributed by atoms with E-state index in [1.165, 1.54) is 4.88 Å². The molecule has 0 aliphatic carbocycles. The summed E-state index contributed by atoms with van der Waals surface area (Å²) in [7, 11) is 0. The van der Waals surface area contributed by atoms with Crippen LogP contribution in [0.3, 0.4) is 0 Å². The van der Waals surface area contributed by atoms with E-state index in [2.05, 4.69) is 11.4 Å². The van der Waals surface area contributed by atoms with Crippen molar-refractivity contribution in [3.8, 4) is 0 Å². The molecule has 0 spiro atoms. The smallest absolute Gasteiger partial charge is 0.284 e. The van der Waals surface area contributed by atoms with Gasteiger partial charge in [-0.2, -0.15) is 0 Å². The van der Waals surface area contributed by atoms with Gasteiger partial charge in [0, 0.05) is 11.4 Å². The lowest BCUT2D eigenvalue weighted by Crippen LogP contribution is -2.11. The number of thiophene rings is 1. The van der Waals surface area contributed by atoms with Crippen molar-refractivity contribution in [2.45, 2.75) is 13.1 Å². The summed E-state index contributed by atoms with van der Waals surface area (Å²) in [4.78, 5) is 12.0. The lowest BCUT2D eigenvalue weighted by molar-refractivity contribution is 0.0972. The maximum Gasteiger partial charge on any atom is 0.284 e. The van der Waals surface area contributed by atoms with Crippen molar-refractivity contribution in [1.82, 2.24) is 5.32 Å². The van der Waals surface area contributed by atoms with E-state index >= 15 is 0 Å². The first-order chi connectivity index (χ1) is 7.75. The van der Waals surface area contributed by atoms with Gasteiger partial charge in [0.2, 0.25) is 0 Å². The summed E-state index contributed by atoms with van der Waals surface area (Å²) in [5.74, 6) is 0.378. The second-order valence-corrected chi connectivity index (χ2v) is 4.35. The van der Waals surface area contributed by atoms with E-state index in [9.17, 15) is 4.79 Å². The summed E-state index contributed by atoms with van der Waals surface area (Å²) < 4.78 is 5.23. The van der Waals surface area contributed by atoms with E-state index in [1.54, 1.807) is 23.5 Å². The van der Waals surface area contributed by atoms with Gasteiger partial charge in [-0.05, 0) is 23.6 Å². The number of nitrogens with one attached hydrogen (secondary N) is 1. The molecular formula is C11H12N2O2S. The van der Waals surface area contributed by atoms with Crippen LogP contribution in [0.15, 0.2) is 34.1 Å². The Bertz CT molecular complexity index is 462. The predicted molar refractivity (Wildman–Crippen MR) is 62.1 cm³/mol. The van der Waals surface area contributed by atoms with Crippen LogP contribution in [0.5, 0.6) is 0 Å². The highest BCUT2D eigenvalue weighted by molar-refractivity contribution is 7.09. The largest absolute Gasteiger partial charge is 0.455 e. The van der Waals surface area contributed by atoms with Gasteiger partial charge in [-0.25, -0.2) is 0 Å². The number of furan rings is 1. The van der Waals surface area contributed by atoms with Gasteiger partial charge in [-0.15, -0.1) is 11.3 Å². The van der Waals surface area contributed by atoms with Crippen LogP contribution in [0.1, 0.15) is 21.2 Å². The Labute approximate surface area is 97.1 Å². The molecular weight excluding hydrogens is 224 g/mol. The third kappa shape index (κ3) is 2.71. The first-order valence-corrected chi connectivity index (χ1v) is 5.75. The summed E-state index contributed by atoms with van der Waals surface area (Å²) in [5, 5.41) is 5.26. The second-order valence-electron chi connectivity index (χ2n) is 3.31. The lowest BCUT2D eigenvalue weighted by atomic mass is 10.4. The van der Waals surface area contributed by atoms with E-state index in [0.717, 1.165) is 6.54 Å². The van der Waals surface area contributed by atoms with Crippen LogP contribution in [0.25, 0.3) is 0 Å². The topological polar surface area (TPSA) is 68.3 Å². The van der Waals surface area contributed by atoms with E-state index in [4.69, 9.17) is 10.2 Å². The summed E-state index contributed by atoms with van der Waals surface area (Å²) in [6.07, 6.45) is 0. The number of primary amides is 1. The van der Waals surface area contributed by atoms with E-state index in [1.807, 2.05) is 11.4 Å². The first-order valence-electron chi connectivity index (χ1n) is 4.87. The number of carbonyl (C=O) groups excluding carboxylic acids is 1. The highest BCUT2D eigenvalue weighted by Gasteiger charge is 2.06. The molecule has 0 saturated carbocycles. The molecule has 0 aliphatic rings. The molecule has 2 heterocycles. The second kappa shape index (κ2) is 4.96. The SMILES string of the molecule is NC(=O)c1ccc(CNCc2cccs2)o1. The van der Waals surface area contributed by atoms with Gasteiger partial charge in [0.1, 0.15) is 5.76 Å². The quantitative estimate of drug-likeness (QED) is 0.830. The summed E-state index contributed by atoms with van der Waals surface area (Å²) in [6.45, 7) is 1.38. The number of rotatable bonds is 5. The molecule has 3 N–H and O–H groups in total. The van der Waals surface area contributed by atoms with Gasteiger partial charge >= 0.3 is 0 Å². The molecule has 0 fully saturated rings. The Morgan fingerprint density at radius 1 is 1.38 bits per heavy atom. The molecule has 0 aliphatic heterocycles. The van der Waals surface area contributed by atoms with E-state index in [-0.39, 0.29) is 5.76 Å². The highest BCUT2D eigenvalue weighted by atomic mass is 32.1. The van der Waals surface area contributed by atoms with E-state index in [0.29, 0.717) is 12.3 Å². The van der Waals surface area contributed by atoms with Crippen LogP contribution in [0, 0.1) is 0 Å². The maximum absolute atomic E-state index is 10.8. The van der Waals surface area contributed by atoms with Crippen molar-refractivity contribution in [2.75, 3.05) is 0 Å². The summed E-state index contributed by atoms with van der Waals surface area (Å²) >= 11 is 1.70. The standard InChI is InChI=1S/C11H12N2O2S/c12-11(14)10-4-3-8(15-10)6-13-7-9-2-1-5-16-9/h1-5,13H,6-7H2,(H2,12,14). The molecule has 2 rings (SSSR count). The fraction of sp³-hybridized carbons (Fsp3) is 0.182. The average Bonchev–Trinajstić information content (AvgIpc) is 2.87. The highest BCUT2D eigenvalue weighted by Crippen LogP contribution is 2.09. The van der Waals surface area contributed by atoms with Crippen molar-refractivity contribution >= 4 is 17.2 Å². The average molecular weight is 236 g/mol. The molecule has 0 unspecified atom stereocenters. The molecule has 4 nitrogen and oxygen atoms in total. The Hall–Kier alpha value is -1.59. The van der Waals surface area contributed by atoms with Gasteiger partial charge in [-0.1, -0.05) is 6.07 Å². The number of amides is 1. The minimum atomic E-state index is -0.537. The van der Waals surface area contributed by atoms with Crippen molar-refractivity contribution in [3.05, 3.63) is 46.0 Å². The van der Waals surface area contributed by atoms with Gasteiger partial charge < -0.3 is 15.5 Å². The maximum atomic E-state index is 10.8. The molecule has 0 bridgehead atoms. The van der Waals surface area contributed by atoms with Crippen LogP contribution in [0.4, 0.5) is 0 Å². The summed E-state index contributed by atoms with van der Waals surface area (Å²) in [5.41, 5.74) is 5.08. The molecule has 5 heteroatoms. The monoisotopic (exact) mass is 236 g/mol. The molecule has 0 atom stereocenters. The van der Waals surface area contributed by atoms with Crippen LogP contribution >= 0.6 is 11.3 Å². The number of hydrogen-bond donors (Lipinski definition) is 2. The Morgan fingerprint density at radius 3 is 2.88 bits per heavy atom. The fourth-order valence-electron chi connectivity index (χ4n) is 1.33. The van der Waals surface area contributed by atoms with Crippen molar-refractivity contribution < 1.29 is 9.21 Å². The number of carbonyl (C=O) groups is 1. The fourth-order valence-corrected chi connectivity index (χ4v) is 2.00. The molecule has 2 aromatic heterocycles. The Balaban J connectivity index is 1.83. The molecule has 2 aromatic rings. The third-order valence-electron chi connectivity index (χ3n) is 2.08. The molecule has 16 heavy (non-hydrogen) atoms. The summed E-state index contributed by atoms with van der Waals surface area (Å²) in [6, 6.07) is 7.42. The van der Waals surface area contributed by atoms with Gasteiger partial charge in [0.15, 0.2) is 5.76 Å². The van der Waals surface area contributed by atoms with Gasteiger partial charge in [0.05, 0.1) is 6.54 Å². The zero-order valence-corrected chi connectivity index (χ0v) is 9.42. The molecule has 0 radical (unpaired) electrons. The van der Waals surface area contributed by atoms with Crippen LogP contribution in [-0.4, -0.2) is 5.91 Å². The van der Waals surface area contributed by atoms with Crippen molar-refractivity contribution in [1.29, 1.82) is 0 Å². The zero-order chi connectivity index (χ0) is 11.4. The van der Waals surface area contributed by atoms with Crippen LogP contribution in [-0.2, 0) is 13.1 Å². The van der Waals surface area contributed by atoms with Gasteiger partial charge in [0.25, 0.3) is 5.91 Å². The third-order valence-corrected chi connectivity index (χ3v) is 2.96. The number of nitrogens with two attached hydrogens (primary N) is 1. The van der Waals surface area contributed by atoms with E-state index < -0.39 is 5.91 Å². The molecule has 84 valence electrons. The minimum absolute atomic E-state index is 0.202. The molecule has 1 amide bonds. The molecule has 0 saturated heterocycles. The predicted octanol–water partition coefficient (Wildman–Crippen LogP) is 1.73. The first kappa shape index (κ1) is 10.9. The van der Waals surface area contributed by atoms with Gasteiger partial charge in [-0.3, -0.25) is 4.79 Å². The Kier molecular flexibility index (Phi) is 3.38. The van der Waals surface area contributed by atoms with Crippen LogP contribution < -0.4 is 11.1 Å². The zero-order valence-electron chi connectivity index (χ0n) is 8.60. The van der Waals surface area contributed by atoms with Crippen molar-refractivity contribution in [2.24, 2.45) is 5.73 Å². The number of hydrogen-bond acceptors (Lipinski definition) is 4. The lowest BCUT2D eigenvalue weighted by Gasteiger charge is -1.99. The van der Waals surface area contributed by atoms with Crippen LogP contribution in [0.2, 0.25) is 0 Å². The van der Waals surface area contributed by atoms with Crippen molar-refractivity contribution in [3.63, 3.8) is 0 Å². The normalized spacial score (nSPS) is 10.5. The minimum Gasteiger partial charge on any atom is -0.455 e. The molecule has 0 aromatic carbocycles. The Morgan fingerprint density at radius 2 is 2.25 bits per heavy atom.